The minimum Gasteiger partial charge on any atom is -0.457 e. The van der Waals surface area contributed by atoms with Crippen molar-refractivity contribution in [3.8, 4) is 0 Å². The van der Waals surface area contributed by atoms with Gasteiger partial charge in [-0.15, -0.1) is 11.3 Å². The predicted molar refractivity (Wildman–Crippen MR) is 97.9 cm³/mol. The third kappa shape index (κ3) is 4.03. The van der Waals surface area contributed by atoms with Crippen LogP contribution in [0.25, 0.3) is 0 Å². The fourth-order valence-electron chi connectivity index (χ4n) is 2.84. The number of carbonyl (C=O) groups is 3. The van der Waals surface area contributed by atoms with E-state index >= 15 is 0 Å². The van der Waals surface area contributed by atoms with Crippen molar-refractivity contribution < 1.29 is 24.0 Å². The molecule has 1 atom stereocenters. The van der Waals surface area contributed by atoms with Crippen LogP contribution in [-0.2, 0) is 14.3 Å². The number of ether oxygens (including phenoxy) is 1. The fourth-order valence-corrected chi connectivity index (χ4v) is 3.49. The molecule has 0 saturated carbocycles. The molecule has 9 heteroatoms. The molecule has 2 heterocycles. The third-order valence-electron chi connectivity index (χ3n) is 4.30. The molecule has 0 spiro atoms. The Balaban J connectivity index is 1.65. The monoisotopic (exact) mass is 388 g/mol. The highest BCUT2D eigenvalue weighted by atomic mass is 32.1. The molecule has 27 heavy (non-hydrogen) atoms. The number of benzene rings is 1. The Kier molecular flexibility index (Phi) is 5.31. The molecule has 1 aliphatic heterocycles. The summed E-state index contributed by atoms with van der Waals surface area (Å²) in [7, 11) is 0. The lowest BCUT2D eigenvalue weighted by molar-refractivity contribution is -0.385. The van der Waals surface area contributed by atoms with Crippen molar-refractivity contribution in [2.45, 2.75) is 13.3 Å². The lowest BCUT2D eigenvalue weighted by atomic mass is 10.1. The highest BCUT2D eigenvalue weighted by molar-refractivity contribution is 7.12. The van der Waals surface area contributed by atoms with E-state index in [2.05, 4.69) is 0 Å². The summed E-state index contributed by atoms with van der Waals surface area (Å²) >= 11 is 1.26. The van der Waals surface area contributed by atoms with Crippen LogP contribution in [0.5, 0.6) is 0 Å². The number of carbonyl (C=O) groups excluding carboxylic acids is 3. The van der Waals surface area contributed by atoms with Crippen LogP contribution in [0.1, 0.15) is 21.7 Å². The number of esters is 1. The molecule has 8 nitrogen and oxygen atoms in total. The van der Waals surface area contributed by atoms with Crippen LogP contribution < -0.4 is 4.90 Å². The van der Waals surface area contributed by atoms with Crippen LogP contribution in [0.4, 0.5) is 11.4 Å². The van der Waals surface area contributed by atoms with E-state index in [9.17, 15) is 24.5 Å². The second-order valence-electron chi connectivity index (χ2n) is 6.14. The van der Waals surface area contributed by atoms with Gasteiger partial charge in [0.05, 0.1) is 21.4 Å². The van der Waals surface area contributed by atoms with Crippen molar-refractivity contribution in [2.24, 2.45) is 5.92 Å². The average Bonchev–Trinajstić information content (AvgIpc) is 3.29. The summed E-state index contributed by atoms with van der Waals surface area (Å²) in [4.78, 5) is 48.8. The molecule has 1 aliphatic rings. The van der Waals surface area contributed by atoms with Crippen LogP contribution >= 0.6 is 11.3 Å². The van der Waals surface area contributed by atoms with Gasteiger partial charge in [-0.05, 0) is 24.4 Å². The van der Waals surface area contributed by atoms with Gasteiger partial charge in [0.2, 0.25) is 11.7 Å². The first-order chi connectivity index (χ1) is 12.9. The zero-order valence-corrected chi connectivity index (χ0v) is 15.2. The first-order valence-corrected chi connectivity index (χ1v) is 9.03. The van der Waals surface area contributed by atoms with Gasteiger partial charge in [-0.3, -0.25) is 24.5 Å². The normalized spacial score (nSPS) is 16.4. The fraction of sp³-hybridized carbons (Fsp3) is 0.278. The smallest absolute Gasteiger partial charge is 0.311 e. The second kappa shape index (κ2) is 7.67. The molecule has 0 aliphatic carbocycles. The Morgan fingerprint density at radius 2 is 2.15 bits per heavy atom. The van der Waals surface area contributed by atoms with E-state index in [1.54, 1.807) is 36.6 Å². The Morgan fingerprint density at radius 1 is 1.37 bits per heavy atom. The van der Waals surface area contributed by atoms with Crippen molar-refractivity contribution in [2.75, 3.05) is 18.1 Å². The van der Waals surface area contributed by atoms with Crippen LogP contribution in [-0.4, -0.2) is 35.7 Å². The summed E-state index contributed by atoms with van der Waals surface area (Å²) in [6.07, 6.45) is -0.0618. The predicted octanol–water partition coefficient (Wildman–Crippen LogP) is 2.74. The molecule has 1 aromatic heterocycles. The number of thiophene rings is 1. The van der Waals surface area contributed by atoms with Crippen LogP contribution in [0, 0.1) is 23.0 Å². The number of amides is 1. The van der Waals surface area contributed by atoms with Crippen molar-refractivity contribution in [3.63, 3.8) is 0 Å². The average molecular weight is 388 g/mol. The quantitative estimate of drug-likeness (QED) is 0.326. The zero-order chi connectivity index (χ0) is 19.6. The third-order valence-corrected chi connectivity index (χ3v) is 5.21. The molecule has 1 amide bonds. The van der Waals surface area contributed by atoms with Crippen molar-refractivity contribution in [3.05, 3.63) is 56.3 Å². The van der Waals surface area contributed by atoms with E-state index < -0.39 is 16.8 Å². The maximum atomic E-state index is 12.3. The molecule has 1 saturated heterocycles. The van der Waals surface area contributed by atoms with Crippen LogP contribution in [0.2, 0.25) is 0 Å². The van der Waals surface area contributed by atoms with Crippen LogP contribution in [0.15, 0.2) is 35.7 Å². The standard InChI is InChI=1S/C18H16N2O6S/c1-11-4-5-13(8-14(11)20(24)25)19-9-12(7-17(19)22)18(23)26-10-15(21)16-3-2-6-27-16/h2-6,8,12H,7,9-10H2,1H3/t12-/m0/s1. The Morgan fingerprint density at radius 3 is 2.81 bits per heavy atom. The molecule has 1 fully saturated rings. The molecular weight excluding hydrogens is 372 g/mol. The van der Waals surface area contributed by atoms with E-state index in [0.29, 0.717) is 16.1 Å². The second-order valence-corrected chi connectivity index (χ2v) is 7.09. The Hall–Kier alpha value is -3.07. The summed E-state index contributed by atoms with van der Waals surface area (Å²) in [5.74, 6) is -1.96. The van der Waals surface area contributed by atoms with E-state index in [1.165, 1.54) is 22.3 Å². The van der Waals surface area contributed by atoms with Crippen molar-refractivity contribution in [1.29, 1.82) is 0 Å². The van der Waals surface area contributed by atoms with Gasteiger partial charge in [0.1, 0.15) is 0 Å². The van der Waals surface area contributed by atoms with Gasteiger partial charge in [0, 0.05) is 24.6 Å². The highest BCUT2D eigenvalue weighted by Crippen LogP contribution is 2.30. The number of anilines is 1. The molecule has 3 rings (SSSR count). The minimum atomic E-state index is -0.714. The molecule has 140 valence electrons. The summed E-state index contributed by atoms with van der Waals surface area (Å²) in [5.41, 5.74) is 0.758. The first-order valence-electron chi connectivity index (χ1n) is 8.15. The van der Waals surface area contributed by atoms with Crippen molar-refractivity contribution in [1.82, 2.24) is 0 Å². The summed E-state index contributed by atoms with van der Waals surface area (Å²) in [6.45, 7) is 1.30. The van der Waals surface area contributed by atoms with Gasteiger partial charge in [0.25, 0.3) is 5.69 Å². The largest absolute Gasteiger partial charge is 0.457 e. The lowest BCUT2D eigenvalue weighted by Gasteiger charge is -2.16. The Bertz CT molecular complexity index is 909. The molecule has 0 radical (unpaired) electrons. The van der Waals surface area contributed by atoms with E-state index in [4.69, 9.17) is 4.74 Å². The summed E-state index contributed by atoms with van der Waals surface area (Å²) in [5, 5.41) is 12.8. The first kappa shape index (κ1) is 18.7. The number of nitrogens with zero attached hydrogens (tertiary/aromatic N) is 2. The van der Waals surface area contributed by atoms with Gasteiger partial charge in [-0.25, -0.2) is 0 Å². The van der Waals surface area contributed by atoms with Gasteiger partial charge in [-0.2, -0.15) is 0 Å². The molecular formula is C18H16N2O6S. The maximum Gasteiger partial charge on any atom is 0.311 e. The van der Waals surface area contributed by atoms with Crippen LogP contribution in [0.3, 0.4) is 0 Å². The SMILES string of the molecule is Cc1ccc(N2C[C@@H](C(=O)OCC(=O)c3cccs3)CC2=O)cc1[N+](=O)[O-]. The number of hydrogen-bond donors (Lipinski definition) is 0. The molecule has 0 unspecified atom stereocenters. The summed E-state index contributed by atoms with van der Waals surface area (Å²) < 4.78 is 5.06. The van der Waals surface area contributed by atoms with Crippen molar-refractivity contribution >= 4 is 40.4 Å². The van der Waals surface area contributed by atoms with E-state index in [0.717, 1.165) is 0 Å². The molecule has 2 aromatic rings. The molecule has 0 N–H and O–H groups in total. The molecule has 1 aromatic carbocycles. The minimum absolute atomic E-state index is 0.0606. The number of rotatable bonds is 6. The summed E-state index contributed by atoms with van der Waals surface area (Å²) in [6, 6.07) is 7.86. The molecule has 0 bridgehead atoms. The number of aryl methyl sites for hydroxylation is 1. The van der Waals surface area contributed by atoms with E-state index in [1.807, 2.05) is 0 Å². The number of nitro groups is 1. The topological polar surface area (TPSA) is 107 Å². The number of hydrogen-bond acceptors (Lipinski definition) is 7. The zero-order valence-electron chi connectivity index (χ0n) is 14.4. The van der Waals surface area contributed by atoms with Gasteiger partial charge < -0.3 is 9.64 Å². The van der Waals surface area contributed by atoms with Gasteiger partial charge in [-0.1, -0.05) is 12.1 Å². The van der Waals surface area contributed by atoms with Gasteiger partial charge in [0.15, 0.2) is 6.61 Å². The van der Waals surface area contributed by atoms with E-state index in [-0.39, 0.29) is 37.0 Å². The highest BCUT2D eigenvalue weighted by Gasteiger charge is 2.37. The number of nitro benzene ring substituents is 1. The maximum absolute atomic E-state index is 12.3. The van der Waals surface area contributed by atoms with Gasteiger partial charge >= 0.3 is 5.97 Å². The lowest BCUT2D eigenvalue weighted by Crippen LogP contribution is -2.27. The number of ketones is 1. The number of Topliss-reactive ketones (excluding diaryl/α,β-unsaturated/α-hetero) is 1. The Labute approximate surface area is 158 Å².